The first kappa shape index (κ1) is 18.0. The smallest absolute Gasteiger partial charge is 0.414 e. The minimum absolute atomic E-state index is 0.0962. The standard InChI is InChI=1S/C14H17F3N4O3/c1-3-24-13(23)9-6-19-12-8(7-20-21(12)2)11(9)18-5-4-10(22)14(15,16)17/h6-7,10,22H,3-5H2,1-2H3,(H,18,19)/t10-/m1/s1. The van der Waals surface area contributed by atoms with Crippen LogP contribution >= 0.6 is 0 Å². The van der Waals surface area contributed by atoms with Crippen molar-refractivity contribution in [3.05, 3.63) is 18.0 Å². The van der Waals surface area contributed by atoms with Crippen molar-refractivity contribution in [3.63, 3.8) is 0 Å². The van der Waals surface area contributed by atoms with Gasteiger partial charge in [-0.3, -0.25) is 4.68 Å². The van der Waals surface area contributed by atoms with Crippen LogP contribution < -0.4 is 5.32 Å². The first-order valence-electron chi connectivity index (χ1n) is 7.22. The molecule has 0 aromatic carbocycles. The van der Waals surface area contributed by atoms with E-state index < -0.39 is 24.7 Å². The number of aromatic nitrogens is 3. The van der Waals surface area contributed by atoms with Crippen LogP contribution in [0.2, 0.25) is 0 Å². The van der Waals surface area contributed by atoms with Crippen LogP contribution in [0, 0.1) is 0 Å². The molecule has 2 N–H and O–H groups in total. The lowest BCUT2D eigenvalue weighted by Gasteiger charge is -2.16. The van der Waals surface area contributed by atoms with E-state index in [1.54, 1.807) is 14.0 Å². The number of hydrogen-bond acceptors (Lipinski definition) is 6. The van der Waals surface area contributed by atoms with Gasteiger partial charge in [-0.2, -0.15) is 18.3 Å². The summed E-state index contributed by atoms with van der Waals surface area (Å²) in [5.74, 6) is -0.644. The summed E-state index contributed by atoms with van der Waals surface area (Å²) in [6.45, 7) is 1.60. The number of carbonyl (C=O) groups is 1. The Morgan fingerprint density at radius 2 is 2.17 bits per heavy atom. The van der Waals surface area contributed by atoms with Crippen molar-refractivity contribution in [2.24, 2.45) is 7.05 Å². The number of halogens is 3. The molecule has 1 atom stereocenters. The topological polar surface area (TPSA) is 89.3 Å². The molecule has 7 nitrogen and oxygen atoms in total. The van der Waals surface area contributed by atoms with Crippen molar-refractivity contribution < 1.29 is 27.8 Å². The molecule has 0 aliphatic rings. The molecule has 0 amide bonds. The van der Waals surface area contributed by atoms with E-state index >= 15 is 0 Å². The summed E-state index contributed by atoms with van der Waals surface area (Å²) in [6.07, 6.45) is -4.95. The lowest BCUT2D eigenvalue weighted by Crippen LogP contribution is -2.30. The summed E-state index contributed by atoms with van der Waals surface area (Å²) in [5, 5.41) is 16.3. The van der Waals surface area contributed by atoms with Gasteiger partial charge in [0.25, 0.3) is 0 Å². The number of aryl methyl sites for hydroxylation is 1. The van der Waals surface area contributed by atoms with Crippen LogP contribution in [0.3, 0.4) is 0 Å². The third kappa shape index (κ3) is 3.75. The van der Waals surface area contributed by atoms with Crippen molar-refractivity contribution >= 4 is 22.7 Å². The molecule has 0 saturated carbocycles. The lowest BCUT2D eigenvalue weighted by molar-refractivity contribution is -0.204. The average molecular weight is 346 g/mol. The molecule has 0 aliphatic heterocycles. The summed E-state index contributed by atoms with van der Waals surface area (Å²) in [6, 6.07) is 0. The fourth-order valence-electron chi connectivity index (χ4n) is 2.15. The van der Waals surface area contributed by atoms with E-state index in [0.717, 1.165) is 0 Å². The van der Waals surface area contributed by atoms with Gasteiger partial charge in [0.1, 0.15) is 5.56 Å². The zero-order chi connectivity index (χ0) is 17.9. The third-order valence-electron chi connectivity index (χ3n) is 3.35. The Morgan fingerprint density at radius 3 is 2.79 bits per heavy atom. The van der Waals surface area contributed by atoms with Gasteiger partial charge >= 0.3 is 12.1 Å². The third-order valence-corrected chi connectivity index (χ3v) is 3.35. The van der Waals surface area contributed by atoms with Gasteiger partial charge in [0.05, 0.1) is 23.9 Å². The van der Waals surface area contributed by atoms with Crippen LogP contribution in [0.4, 0.5) is 18.9 Å². The number of ether oxygens (including phenoxy) is 1. The normalized spacial score (nSPS) is 13.1. The second kappa shape index (κ2) is 7.04. The van der Waals surface area contributed by atoms with Crippen molar-refractivity contribution in [2.75, 3.05) is 18.5 Å². The first-order chi connectivity index (χ1) is 11.3. The fourth-order valence-corrected chi connectivity index (χ4v) is 2.15. The van der Waals surface area contributed by atoms with Gasteiger partial charge in [-0.15, -0.1) is 0 Å². The zero-order valence-electron chi connectivity index (χ0n) is 13.1. The van der Waals surface area contributed by atoms with E-state index in [1.807, 2.05) is 0 Å². The van der Waals surface area contributed by atoms with Crippen LogP contribution in [-0.2, 0) is 11.8 Å². The van der Waals surface area contributed by atoms with Crippen LogP contribution in [0.15, 0.2) is 12.4 Å². The van der Waals surface area contributed by atoms with Gasteiger partial charge in [-0.25, -0.2) is 9.78 Å². The lowest BCUT2D eigenvalue weighted by atomic mass is 10.1. The maximum Gasteiger partial charge on any atom is 0.414 e. The number of carbonyl (C=O) groups excluding carboxylic acids is 1. The van der Waals surface area contributed by atoms with E-state index in [1.165, 1.54) is 17.1 Å². The largest absolute Gasteiger partial charge is 0.462 e. The highest BCUT2D eigenvalue weighted by molar-refractivity contribution is 6.04. The number of nitrogens with one attached hydrogen (secondary N) is 1. The Kier molecular flexibility index (Phi) is 5.27. The Balaban J connectivity index is 2.28. The average Bonchev–Trinajstić information content (AvgIpc) is 2.88. The molecule has 2 aromatic heterocycles. The Bertz CT molecular complexity index is 730. The van der Waals surface area contributed by atoms with Crippen LogP contribution in [0.1, 0.15) is 23.7 Å². The van der Waals surface area contributed by atoms with Crippen LogP contribution in [0.5, 0.6) is 0 Å². The molecular weight excluding hydrogens is 329 g/mol. The zero-order valence-corrected chi connectivity index (χ0v) is 13.1. The summed E-state index contributed by atoms with van der Waals surface area (Å²) in [5.41, 5.74) is 0.835. The Hall–Kier alpha value is -2.36. The molecule has 0 bridgehead atoms. The Labute approximate surface area is 135 Å². The predicted molar refractivity (Wildman–Crippen MR) is 79.6 cm³/mol. The molecule has 0 aliphatic carbocycles. The molecule has 132 valence electrons. The molecular formula is C14H17F3N4O3. The summed E-state index contributed by atoms with van der Waals surface area (Å²) in [7, 11) is 1.65. The molecule has 0 unspecified atom stereocenters. The maximum absolute atomic E-state index is 12.4. The predicted octanol–water partition coefficient (Wildman–Crippen LogP) is 1.87. The van der Waals surface area contributed by atoms with E-state index in [-0.39, 0.29) is 24.4 Å². The molecule has 0 fully saturated rings. The Morgan fingerprint density at radius 1 is 1.46 bits per heavy atom. The summed E-state index contributed by atoms with van der Waals surface area (Å²) >= 11 is 0. The van der Waals surface area contributed by atoms with E-state index in [2.05, 4.69) is 15.4 Å². The highest BCUT2D eigenvalue weighted by atomic mass is 19.4. The number of fused-ring (bicyclic) bond motifs is 1. The minimum Gasteiger partial charge on any atom is -0.462 e. The number of nitrogens with zero attached hydrogens (tertiary/aromatic N) is 3. The highest BCUT2D eigenvalue weighted by Crippen LogP contribution is 2.27. The number of pyridine rings is 1. The summed E-state index contributed by atoms with van der Waals surface area (Å²) in [4.78, 5) is 16.1. The number of aliphatic hydroxyl groups is 1. The quantitative estimate of drug-likeness (QED) is 0.776. The van der Waals surface area contributed by atoms with Crippen LogP contribution in [-0.4, -0.2) is 51.3 Å². The number of anilines is 1. The monoisotopic (exact) mass is 346 g/mol. The second-order valence-electron chi connectivity index (χ2n) is 5.05. The number of rotatable bonds is 6. The van der Waals surface area contributed by atoms with Gasteiger partial charge in [0, 0.05) is 19.8 Å². The van der Waals surface area contributed by atoms with Crippen LogP contribution in [0.25, 0.3) is 11.0 Å². The van der Waals surface area contributed by atoms with Crippen molar-refractivity contribution in [1.82, 2.24) is 14.8 Å². The molecule has 0 saturated heterocycles. The van der Waals surface area contributed by atoms with Gasteiger partial charge in [0.15, 0.2) is 11.8 Å². The molecule has 10 heteroatoms. The van der Waals surface area contributed by atoms with E-state index in [9.17, 15) is 18.0 Å². The number of hydrogen-bond donors (Lipinski definition) is 2. The fraction of sp³-hybridized carbons (Fsp3) is 0.500. The summed E-state index contributed by atoms with van der Waals surface area (Å²) < 4.78 is 43.5. The maximum atomic E-state index is 12.4. The number of alkyl halides is 3. The van der Waals surface area contributed by atoms with Gasteiger partial charge in [-0.05, 0) is 13.3 Å². The van der Waals surface area contributed by atoms with E-state index in [0.29, 0.717) is 11.0 Å². The van der Waals surface area contributed by atoms with Gasteiger partial charge < -0.3 is 15.2 Å². The van der Waals surface area contributed by atoms with Crippen molar-refractivity contribution in [3.8, 4) is 0 Å². The molecule has 2 aromatic rings. The molecule has 24 heavy (non-hydrogen) atoms. The van der Waals surface area contributed by atoms with Crippen molar-refractivity contribution in [2.45, 2.75) is 25.6 Å². The molecule has 0 spiro atoms. The van der Waals surface area contributed by atoms with Gasteiger partial charge in [-0.1, -0.05) is 0 Å². The second-order valence-corrected chi connectivity index (χ2v) is 5.05. The number of esters is 1. The van der Waals surface area contributed by atoms with Gasteiger partial charge in [0.2, 0.25) is 0 Å². The van der Waals surface area contributed by atoms with E-state index in [4.69, 9.17) is 9.84 Å². The molecule has 0 radical (unpaired) electrons. The minimum atomic E-state index is -4.69. The number of aliphatic hydroxyl groups excluding tert-OH is 1. The SMILES string of the molecule is CCOC(=O)c1cnc2c(cnn2C)c1NCC[C@@H](O)C(F)(F)F. The van der Waals surface area contributed by atoms with Crippen molar-refractivity contribution in [1.29, 1.82) is 0 Å². The molecule has 2 heterocycles. The first-order valence-corrected chi connectivity index (χ1v) is 7.22. The highest BCUT2D eigenvalue weighted by Gasteiger charge is 2.37. The molecule has 2 rings (SSSR count).